The van der Waals surface area contributed by atoms with Gasteiger partial charge in [-0.2, -0.15) is 0 Å². The first-order valence-corrected chi connectivity index (χ1v) is 10.9. The Balaban J connectivity index is 1.39. The SMILES string of the molecule is C[C@H]1[C@@H](OC(=O)NCc2cccc(Cl)c2)CC[C@@]23CCCN2C(=O)CCC[C@@H]13. The minimum absolute atomic E-state index is 0.00409. The number of amides is 2. The quantitative estimate of drug-likeness (QED) is 0.805. The molecule has 6 heteroatoms. The van der Waals surface area contributed by atoms with Gasteiger partial charge in [0.15, 0.2) is 0 Å². The fraction of sp³-hybridized carbons (Fsp3) is 0.636. The van der Waals surface area contributed by atoms with Gasteiger partial charge >= 0.3 is 6.09 Å². The van der Waals surface area contributed by atoms with Gasteiger partial charge < -0.3 is 15.0 Å². The van der Waals surface area contributed by atoms with E-state index in [1.54, 1.807) is 0 Å². The van der Waals surface area contributed by atoms with Crippen molar-refractivity contribution in [2.45, 2.75) is 70.1 Å². The number of carbonyl (C=O) groups excluding carboxylic acids is 2. The molecule has 3 fully saturated rings. The first-order chi connectivity index (χ1) is 13.5. The Morgan fingerprint density at radius 1 is 1.32 bits per heavy atom. The van der Waals surface area contributed by atoms with Crippen LogP contribution in [0.5, 0.6) is 0 Å². The van der Waals surface area contributed by atoms with Crippen molar-refractivity contribution in [3.63, 3.8) is 0 Å². The minimum atomic E-state index is -0.374. The van der Waals surface area contributed by atoms with E-state index in [0.29, 0.717) is 29.8 Å². The van der Waals surface area contributed by atoms with Crippen molar-refractivity contribution >= 4 is 23.6 Å². The smallest absolute Gasteiger partial charge is 0.407 e. The minimum Gasteiger partial charge on any atom is -0.446 e. The third kappa shape index (κ3) is 3.61. The first-order valence-electron chi connectivity index (χ1n) is 10.5. The summed E-state index contributed by atoms with van der Waals surface area (Å²) in [7, 11) is 0. The maximum Gasteiger partial charge on any atom is 0.407 e. The molecular formula is C22H29ClN2O3. The Morgan fingerprint density at radius 3 is 3.00 bits per heavy atom. The summed E-state index contributed by atoms with van der Waals surface area (Å²) in [6, 6.07) is 7.45. The number of rotatable bonds is 3. The molecule has 0 aromatic heterocycles. The zero-order chi connectivity index (χ0) is 19.7. The Morgan fingerprint density at radius 2 is 2.18 bits per heavy atom. The molecule has 2 heterocycles. The molecule has 5 nitrogen and oxygen atoms in total. The van der Waals surface area contributed by atoms with Gasteiger partial charge in [0.05, 0.1) is 0 Å². The predicted molar refractivity (Wildman–Crippen MR) is 108 cm³/mol. The number of nitrogens with zero attached hydrogens (tertiary/aromatic N) is 1. The summed E-state index contributed by atoms with van der Waals surface area (Å²) in [6.07, 6.45) is 6.16. The monoisotopic (exact) mass is 404 g/mol. The number of alkyl carbamates (subject to hydrolysis) is 1. The van der Waals surface area contributed by atoms with E-state index in [2.05, 4.69) is 17.1 Å². The zero-order valence-electron chi connectivity index (χ0n) is 16.5. The molecular weight excluding hydrogens is 376 g/mol. The average Bonchev–Trinajstić information content (AvgIpc) is 3.04. The second-order valence-corrected chi connectivity index (χ2v) is 9.01. The molecule has 28 heavy (non-hydrogen) atoms. The average molecular weight is 405 g/mol. The molecule has 1 saturated carbocycles. The van der Waals surface area contributed by atoms with Crippen LogP contribution < -0.4 is 5.32 Å². The van der Waals surface area contributed by atoms with Gasteiger partial charge in [-0.15, -0.1) is 0 Å². The lowest BCUT2D eigenvalue weighted by atomic mass is 9.64. The van der Waals surface area contributed by atoms with Crippen LogP contribution in [-0.2, 0) is 16.1 Å². The van der Waals surface area contributed by atoms with Crippen LogP contribution >= 0.6 is 11.6 Å². The van der Waals surface area contributed by atoms with E-state index in [0.717, 1.165) is 50.6 Å². The lowest BCUT2D eigenvalue weighted by Gasteiger charge is -2.51. The van der Waals surface area contributed by atoms with E-state index < -0.39 is 0 Å². The maximum atomic E-state index is 12.6. The van der Waals surface area contributed by atoms with E-state index in [9.17, 15) is 9.59 Å². The van der Waals surface area contributed by atoms with Crippen molar-refractivity contribution in [2.24, 2.45) is 11.8 Å². The molecule has 1 aliphatic carbocycles. The molecule has 1 aromatic rings. The number of nitrogens with one attached hydrogen (secondary N) is 1. The third-order valence-corrected chi connectivity index (χ3v) is 7.33. The third-order valence-electron chi connectivity index (χ3n) is 7.09. The largest absolute Gasteiger partial charge is 0.446 e. The lowest BCUT2D eigenvalue weighted by Crippen LogP contribution is -2.58. The fourth-order valence-electron chi connectivity index (χ4n) is 5.81. The van der Waals surface area contributed by atoms with Gasteiger partial charge in [0, 0.05) is 30.1 Å². The standard InChI is InChI=1S/C22H29ClN2O3/c1-15-18-7-3-8-20(26)25-12-4-10-22(18,25)11-9-19(15)28-21(27)24-14-16-5-2-6-17(23)13-16/h2,5-6,13,15,18-19H,3-4,7-12,14H2,1H3,(H,24,27)/t15-,18+,19+,22-/m1/s1. The number of hydrogen-bond donors (Lipinski definition) is 1. The number of ether oxygens (including phenoxy) is 1. The molecule has 1 aromatic carbocycles. The topological polar surface area (TPSA) is 58.6 Å². The molecule has 2 aliphatic heterocycles. The van der Waals surface area contributed by atoms with Crippen LogP contribution in [0.2, 0.25) is 5.02 Å². The molecule has 0 radical (unpaired) electrons. The highest BCUT2D eigenvalue weighted by Gasteiger charge is 2.55. The van der Waals surface area contributed by atoms with Crippen LogP contribution in [0.25, 0.3) is 0 Å². The summed E-state index contributed by atoms with van der Waals surface area (Å²) in [5.41, 5.74) is 0.952. The molecule has 152 valence electrons. The number of hydrogen-bond acceptors (Lipinski definition) is 3. The first kappa shape index (κ1) is 19.6. The lowest BCUT2D eigenvalue weighted by molar-refractivity contribution is -0.140. The highest BCUT2D eigenvalue weighted by atomic mass is 35.5. The van der Waals surface area contributed by atoms with Crippen LogP contribution in [0.3, 0.4) is 0 Å². The van der Waals surface area contributed by atoms with E-state index in [-0.39, 0.29) is 23.7 Å². The summed E-state index contributed by atoms with van der Waals surface area (Å²) in [4.78, 5) is 27.1. The molecule has 2 amide bonds. The second kappa shape index (κ2) is 7.94. The molecule has 4 atom stereocenters. The predicted octanol–water partition coefficient (Wildman–Crippen LogP) is 4.53. The molecule has 1 spiro atoms. The van der Waals surface area contributed by atoms with Crippen molar-refractivity contribution in [3.8, 4) is 0 Å². The second-order valence-electron chi connectivity index (χ2n) is 8.58. The van der Waals surface area contributed by atoms with Gasteiger partial charge in [-0.3, -0.25) is 4.79 Å². The maximum absolute atomic E-state index is 12.6. The van der Waals surface area contributed by atoms with Gasteiger partial charge in [-0.25, -0.2) is 4.79 Å². The normalized spacial score (nSPS) is 32.3. The van der Waals surface area contributed by atoms with Gasteiger partial charge in [-0.1, -0.05) is 30.7 Å². The summed E-state index contributed by atoms with van der Waals surface area (Å²) in [5.74, 6) is 1.00. The van der Waals surface area contributed by atoms with E-state index in [1.165, 1.54) is 0 Å². The molecule has 0 bridgehead atoms. The van der Waals surface area contributed by atoms with Gasteiger partial charge in [-0.05, 0) is 68.1 Å². The van der Waals surface area contributed by atoms with Gasteiger partial charge in [0.25, 0.3) is 0 Å². The number of carbonyl (C=O) groups is 2. The van der Waals surface area contributed by atoms with Crippen LogP contribution in [-0.4, -0.2) is 35.1 Å². The molecule has 3 aliphatic rings. The number of benzene rings is 1. The Labute approximate surface area is 171 Å². The fourth-order valence-corrected chi connectivity index (χ4v) is 6.03. The van der Waals surface area contributed by atoms with Crippen molar-refractivity contribution in [3.05, 3.63) is 34.9 Å². The Hall–Kier alpha value is -1.75. The molecule has 1 N–H and O–H groups in total. The Bertz CT molecular complexity index is 755. The highest BCUT2D eigenvalue weighted by molar-refractivity contribution is 6.30. The van der Waals surface area contributed by atoms with Crippen molar-refractivity contribution in [2.75, 3.05) is 6.54 Å². The summed E-state index contributed by atoms with van der Waals surface area (Å²) in [6.45, 7) is 3.50. The summed E-state index contributed by atoms with van der Waals surface area (Å²) >= 11 is 6.00. The molecule has 2 saturated heterocycles. The van der Waals surface area contributed by atoms with Crippen molar-refractivity contribution in [1.29, 1.82) is 0 Å². The van der Waals surface area contributed by atoms with Gasteiger partial charge in [0.2, 0.25) is 5.91 Å². The van der Waals surface area contributed by atoms with Crippen LogP contribution in [0.15, 0.2) is 24.3 Å². The van der Waals surface area contributed by atoms with Crippen LogP contribution in [0.4, 0.5) is 4.79 Å². The van der Waals surface area contributed by atoms with Crippen LogP contribution in [0.1, 0.15) is 57.4 Å². The summed E-state index contributed by atoms with van der Waals surface area (Å²) in [5, 5.41) is 3.50. The van der Waals surface area contributed by atoms with Gasteiger partial charge in [0.1, 0.15) is 6.10 Å². The van der Waals surface area contributed by atoms with Crippen LogP contribution in [0, 0.1) is 11.8 Å². The Kier molecular flexibility index (Phi) is 5.55. The molecule has 0 unspecified atom stereocenters. The van der Waals surface area contributed by atoms with Crippen molar-refractivity contribution < 1.29 is 14.3 Å². The van der Waals surface area contributed by atoms with Crippen molar-refractivity contribution in [1.82, 2.24) is 10.2 Å². The number of halogens is 1. The highest BCUT2D eigenvalue weighted by Crippen LogP contribution is 2.52. The molecule has 4 rings (SSSR count). The van der Waals surface area contributed by atoms with E-state index >= 15 is 0 Å². The van der Waals surface area contributed by atoms with E-state index in [1.807, 2.05) is 24.3 Å². The zero-order valence-corrected chi connectivity index (χ0v) is 17.2. The van der Waals surface area contributed by atoms with E-state index in [4.69, 9.17) is 16.3 Å². The summed E-state index contributed by atoms with van der Waals surface area (Å²) < 4.78 is 5.83.